The number of fused-ring (bicyclic) bond motifs is 3. The van der Waals surface area contributed by atoms with Crippen molar-refractivity contribution < 1.29 is 28.5 Å². The lowest BCUT2D eigenvalue weighted by Gasteiger charge is -2.33. The Bertz CT molecular complexity index is 1170. The summed E-state index contributed by atoms with van der Waals surface area (Å²) in [4.78, 5) is 30.0. The lowest BCUT2D eigenvalue weighted by molar-refractivity contribution is 0.0258. The SMILES string of the molecule is Cc1c2c(cc3c1N(C(=O)c1cccc4c1OCCO4)CCO3)CCN(C(=O)OC(C)(C)C)CC2. The zero-order valence-electron chi connectivity index (χ0n) is 20.8. The van der Waals surface area contributed by atoms with Gasteiger partial charge in [0.1, 0.15) is 31.2 Å². The molecule has 0 atom stereocenters. The average molecular weight is 481 g/mol. The highest BCUT2D eigenvalue weighted by Crippen LogP contribution is 2.42. The Kier molecular flexibility index (Phi) is 5.99. The second-order valence-electron chi connectivity index (χ2n) is 10.1. The fraction of sp³-hybridized carbons (Fsp3) is 0.481. The third kappa shape index (κ3) is 4.49. The van der Waals surface area contributed by atoms with Crippen LogP contribution in [0.25, 0.3) is 0 Å². The maximum absolute atomic E-state index is 13.8. The summed E-state index contributed by atoms with van der Waals surface area (Å²) >= 11 is 0. The van der Waals surface area contributed by atoms with Gasteiger partial charge in [-0.1, -0.05) is 6.07 Å². The van der Waals surface area contributed by atoms with Crippen molar-refractivity contribution >= 4 is 17.7 Å². The van der Waals surface area contributed by atoms with E-state index < -0.39 is 5.60 Å². The van der Waals surface area contributed by atoms with E-state index in [1.807, 2.05) is 45.9 Å². The third-order valence-corrected chi connectivity index (χ3v) is 6.55. The van der Waals surface area contributed by atoms with Crippen LogP contribution in [0, 0.1) is 6.92 Å². The fourth-order valence-electron chi connectivity index (χ4n) is 4.97. The predicted octanol–water partition coefficient (Wildman–Crippen LogP) is 4.14. The number of carbonyl (C=O) groups excluding carboxylic acids is 2. The van der Waals surface area contributed by atoms with Gasteiger partial charge in [0, 0.05) is 13.1 Å². The molecule has 2 aromatic carbocycles. The third-order valence-electron chi connectivity index (χ3n) is 6.55. The highest BCUT2D eigenvalue weighted by Gasteiger charge is 2.33. The van der Waals surface area contributed by atoms with Crippen LogP contribution in [0.3, 0.4) is 0 Å². The fourth-order valence-corrected chi connectivity index (χ4v) is 4.97. The van der Waals surface area contributed by atoms with Crippen molar-refractivity contribution in [3.8, 4) is 17.2 Å². The minimum absolute atomic E-state index is 0.135. The molecule has 3 aliphatic rings. The van der Waals surface area contributed by atoms with E-state index in [1.54, 1.807) is 15.9 Å². The van der Waals surface area contributed by atoms with Crippen molar-refractivity contribution in [1.82, 2.24) is 4.90 Å². The predicted molar refractivity (Wildman–Crippen MR) is 131 cm³/mol. The summed E-state index contributed by atoms with van der Waals surface area (Å²) in [6.07, 6.45) is 1.10. The lowest BCUT2D eigenvalue weighted by atomic mass is 9.94. The molecular weight excluding hydrogens is 448 g/mol. The van der Waals surface area contributed by atoms with E-state index in [1.165, 1.54) is 0 Å². The quantitative estimate of drug-likeness (QED) is 0.611. The Balaban J connectivity index is 1.45. The Morgan fingerprint density at radius 2 is 1.69 bits per heavy atom. The van der Waals surface area contributed by atoms with Crippen LogP contribution in [0.4, 0.5) is 10.5 Å². The molecule has 0 fully saturated rings. The first kappa shape index (κ1) is 23.3. The smallest absolute Gasteiger partial charge is 0.410 e. The van der Waals surface area contributed by atoms with Gasteiger partial charge in [-0.25, -0.2) is 4.79 Å². The van der Waals surface area contributed by atoms with Crippen LogP contribution in [0.2, 0.25) is 0 Å². The van der Waals surface area contributed by atoms with Crippen LogP contribution in [-0.2, 0) is 17.6 Å². The summed E-state index contributed by atoms with van der Waals surface area (Å²) < 4.78 is 23.1. The van der Waals surface area contributed by atoms with E-state index in [4.69, 9.17) is 18.9 Å². The van der Waals surface area contributed by atoms with Crippen molar-refractivity contribution in [3.05, 3.63) is 46.5 Å². The summed E-state index contributed by atoms with van der Waals surface area (Å²) in [6.45, 7) is 10.5. The molecule has 8 nitrogen and oxygen atoms in total. The van der Waals surface area contributed by atoms with Crippen LogP contribution in [0.1, 0.15) is 47.8 Å². The van der Waals surface area contributed by atoms with Crippen LogP contribution in [0.15, 0.2) is 24.3 Å². The maximum Gasteiger partial charge on any atom is 0.410 e. The summed E-state index contributed by atoms with van der Waals surface area (Å²) in [7, 11) is 0. The van der Waals surface area contributed by atoms with E-state index in [-0.39, 0.29) is 12.0 Å². The topological polar surface area (TPSA) is 77.5 Å². The second-order valence-corrected chi connectivity index (χ2v) is 10.1. The Labute approximate surface area is 205 Å². The van der Waals surface area contributed by atoms with Crippen LogP contribution >= 0.6 is 0 Å². The molecule has 0 radical (unpaired) electrons. The molecule has 186 valence electrons. The number of rotatable bonds is 1. The zero-order valence-corrected chi connectivity index (χ0v) is 20.8. The first-order chi connectivity index (χ1) is 16.7. The average Bonchev–Trinajstić information content (AvgIpc) is 3.05. The number of para-hydroxylation sites is 1. The van der Waals surface area contributed by atoms with E-state index in [0.717, 1.165) is 22.4 Å². The summed E-state index contributed by atoms with van der Waals surface area (Å²) in [5, 5.41) is 0. The monoisotopic (exact) mass is 480 g/mol. The van der Waals surface area contributed by atoms with Gasteiger partial charge in [-0.05, 0) is 75.4 Å². The maximum atomic E-state index is 13.8. The van der Waals surface area contributed by atoms with E-state index in [9.17, 15) is 9.59 Å². The molecule has 0 N–H and O–H groups in total. The van der Waals surface area contributed by atoms with Crippen molar-refractivity contribution in [2.24, 2.45) is 0 Å². The van der Waals surface area contributed by atoms with E-state index in [2.05, 4.69) is 0 Å². The van der Waals surface area contributed by atoms with Gasteiger partial charge in [-0.15, -0.1) is 0 Å². The van der Waals surface area contributed by atoms with Gasteiger partial charge in [0.2, 0.25) is 0 Å². The molecular formula is C27H32N2O6. The number of carbonyl (C=O) groups is 2. The summed E-state index contributed by atoms with van der Waals surface area (Å²) in [5.41, 5.74) is 4.06. The molecule has 0 unspecified atom stereocenters. The Hall–Kier alpha value is -3.42. The van der Waals surface area contributed by atoms with Gasteiger partial charge in [-0.2, -0.15) is 0 Å². The second kappa shape index (κ2) is 8.98. The lowest BCUT2D eigenvalue weighted by Crippen LogP contribution is -2.39. The van der Waals surface area contributed by atoms with Gasteiger partial charge < -0.3 is 28.7 Å². The van der Waals surface area contributed by atoms with Crippen LogP contribution < -0.4 is 19.1 Å². The summed E-state index contributed by atoms with van der Waals surface area (Å²) in [6, 6.07) is 7.45. The molecule has 2 amide bonds. The van der Waals surface area contributed by atoms with Gasteiger partial charge in [-0.3, -0.25) is 4.79 Å². The number of nitrogens with zero attached hydrogens (tertiary/aromatic N) is 2. The van der Waals surface area contributed by atoms with Gasteiger partial charge in [0.05, 0.1) is 17.8 Å². The first-order valence-electron chi connectivity index (χ1n) is 12.2. The summed E-state index contributed by atoms with van der Waals surface area (Å²) in [5.74, 6) is 1.66. The van der Waals surface area contributed by atoms with Crippen LogP contribution in [-0.4, -0.2) is 62.0 Å². The minimum atomic E-state index is -0.536. The molecule has 0 spiro atoms. The van der Waals surface area contributed by atoms with E-state index >= 15 is 0 Å². The van der Waals surface area contributed by atoms with Gasteiger partial charge >= 0.3 is 6.09 Å². The standard InChI is InChI=1S/C27H32N2O6/c1-17-19-9-11-28(26(31)35-27(2,3)4)10-8-18(19)16-22-23(17)29(12-13-32-22)25(30)20-6-5-7-21-24(20)34-15-14-33-21/h5-7,16H,8-15H2,1-4H3. The number of hydrogen-bond donors (Lipinski definition) is 0. The molecule has 0 saturated heterocycles. The highest BCUT2D eigenvalue weighted by atomic mass is 16.6. The Morgan fingerprint density at radius 3 is 2.49 bits per heavy atom. The molecule has 35 heavy (non-hydrogen) atoms. The zero-order chi connectivity index (χ0) is 24.7. The largest absolute Gasteiger partial charge is 0.490 e. The van der Waals surface area contributed by atoms with Crippen molar-refractivity contribution in [1.29, 1.82) is 0 Å². The van der Waals surface area contributed by atoms with Gasteiger partial charge in [0.25, 0.3) is 5.91 Å². The molecule has 0 aromatic heterocycles. The molecule has 0 saturated carbocycles. The molecule has 3 heterocycles. The molecule has 5 rings (SSSR count). The molecule has 0 aliphatic carbocycles. The normalized spacial score (nSPS) is 17.0. The Morgan fingerprint density at radius 1 is 0.943 bits per heavy atom. The number of hydrogen-bond acceptors (Lipinski definition) is 6. The number of amides is 2. The minimum Gasteiger partial charge on any atom is -0.490 e. The molecule has 8 heteroatoms. The molecule has 2 aromatic rings. The first-order valence-corrected chi connectivity index (χ1v) is 12.2. The number of anilines is 1. The van der Waals surface area contributed by atoms with E-state index in [0.29, 0.717) is 75.1 Å². The van der Waals surface area contributed by atoms with Crippen molar-refractivity contribution in [2.45, 2.75) is 46.1 Å². The highest BCUT2D eigenvalue weighted by molar-refractivity contribution is 6.10. The van der Waals surface area contributed by atoms with Crippen molar-refractivity contribution in [2.75, 3.05) is 44.4 Å². The van der Waals surface area contributed by atoms with Crippen LogP contribution in [0.5, 0.6) is 17.2 Å². The molecule has 0 bridgehead atoms. The van der Waals surface area contributed by atoms with Crippen molar-refractivity contribution in [3.63, 3.8) is 0 Å². The number of ether oxygens (including phenoxy) is 4. The van der Waals surface area contributed by atoms with Gasteiger partial charge in [0.15, 0.2) is 11.5 Å². The number of benzene rings is 2. The molecule has 3 aliphatic heterocycles.